The van der Waals surface area contributed by atoms with Gasteiger partial charge in [-0.25, -0.2) is 4.39 Å². The van der Waals surface area contributed by atoms with Gasteiger partial charge in [-0.15, -0.1) is 0 Å². The van der Waals surface area contributed by atoms with Crippen LogP contribution in [0.2, 0.25) is 0 Å². The second-order valence-corrected chi connectivity index (χ2v) is 5.96. The first-order valence-corrected chi connectivity index (χ1v) is 8.23. The van der Waals surface area contributed by atoms with E-state index in [0.29, 0.717) is 37.8 Å². The molecule has 1 aliphatic rings. The van der Waals surface area contributed by atoms with Gasteiger partial charge in [-0.05, 0) is 48.4 Å². The maximum Gasteiger partial charge on any atom is 0.239 e. The lowest BCUT2D eigenvalue weighted by molar-refractivity contribution is -0.126. The molecule has 0 aliphatic carbocycles. The molecule has 1 saturated heterocycles. The number of halogens is 1. The Kier molecular flexibility index (Phi) is 5.63. The third-order valence-electron chi connectivity index (χ3n) is 3.99. The minimum absolute atomic E-state index is 0.0657. The van der Waals surface area contributed by atoms with Gasteiger partial charge in [-0.1, -0.05) is 12.1 Å². The Balaban J connectivity index is 1.57. The molecule has 2 aromatic rings. The molecule has 5 nitrogen and oxygen atoms in total. The third kappa shape index (κ3) is 4.78. The highest BCUT2D eigenvalue weighted by Crippen LogP contribution is 2.25. The zero-order chi connectivity index (χ0) is 17.6. The molecule has 3 rings (SSSR count). The summed E-state index contributed by atoms with van der Waals surface area (Å²) in [7, 11) is 0. The van der Waals surface area contributed by atoms with Crippen molar-refractivity contribution in [3.05, 3.63) is 59.4 Å². The van der Waals surface area contributed by atoms with Crippen molar-refractivity contribution in [2.24, 2.45) is 0 Å². The Morgan fingerprint density at radius 3 is 2.80 bits per heavy atom. The average Bonchev–Trinajstić information content (AvgIpc) is 2.64. The van der Waals surface area contributed by atoms with E-state index in [1.807, 2.05) is 25.1 Å². The van der Waals surface area contributed by atoms with Crippen molar-refractivity contribution in [3.8, 4) is 11.5 Å². The fraction of sp³-hybridized carbons (Fsp3) is 0.316. The topological polar surface area (TPSA) is 59.6 Å². The van der Waals surface area contributed by atoms with Crippen LogP contribution >= 0.6 is 0 Å². The summed E-state index contributed by atoms with van der Waals surface area (Å²) in [5, 5.41) is 6.03. The molecule has 0 spiro atoms. The normalized spacial score (nSPS) is 17.1. The smallest absolute Gasteiger partial charge is 0.239 e. The molecule has 6 heteroatoms. The van der Waals surface area contributed by atoms with E-state index in [1.54, 1.807) is 12.1 Å². The van der Waals surface area contributed by atoms with Crippen molar-refractivity contribution >= 4 is 5.91 Å². The predicted octanol–water partition coefficient (Wildman–Crippen LogP) is 2.53. The number of carbonyl (C=O) groups excluding carboxylic acids is 1. The fourth-order valence-electron chi connectivity index (χ4n) is 2.61. The number of benzene rings is 2. The molecular weight excluding hydrogens is 323 g/mol. The van der Waals surface area contributed by atoms with E-state index in [4.69, 9.17) is 9.47 Å². The average molecular weight is 344 g/mol. The van der Waals surface area contributed by atoms with Crippen LogP contribution in [0.1, 0.15) is 11.1 Å². The molecule has 1 amide bonds. The zero-order valence-electron chi connectivity index (χ0n) is 14.0. The van der Waals surface area contributed by atoms with Crippen LogP contribution in [0, 0.1) is 12.7 Å². The first-order chi connectivity index (χ1) is 12.1. The van der Waals surface area contributed by atoms with Crippen molar-refractivity contribution in [1.29, 1.82) is 0 Å². The largest absolute Gasteiger partial charge is 0.457 e. The summed E-state index contributed by atoms with van der Waals surface area (Å²) in [4.78, 5) is 12.1. The van der Waals surface area contributed by atoms with E-state index in [0.717, 1.165) is 11.1 Å². The summed E-state index contributed by atoms with van der Waals surface area (Å²) in [6.45, 7) is 4.09. The zero-order valence-corrected chi connectivity index (χ0v) is 14.0. The number of aryl methyl sites for hydroxylation is 1. The molecule has 0 aromatic heterocycles. The van der Waals surface area contributed by atoms with Gasteiger partial charge >= 0.3 is 0 Å². The van der Waals surface area contributed by atoms with Crippen LogP contribution < -0.4 is 15.4 Å². The maximum atomic E-state index is 12.9. The van der Waals surface area contributed by atoms with Crippen LogP contribution in [-0.4, -0.2) is 31.7 Å². The molecule has 0 bridgehead atoms. The second kappa shape index (κ2) is 8.09. The number of ether oxygens (including phenoxy) is 2. The summed E-state index contributed by atoms with van der Waals surface area (Å²) in [6.07, 6.45) is 0. The van der Waals surface area contributed by atoms with Crippen molar-refractivity contribution in [1.82, 2.24) is 10.6 Å². The molecule has 1 aliphatic heterocycles. The summed E-state index contributed by atoms with van der Waals surface area (Å²) < 4.78 is 24.0. The van der Waals surface area contributed by atoms with Gasteiger partial charge in [0.2, 0.25) is 5.91 Å². The Labute approximate surface area is 146 Å². The SMILES string of the molecule is Cc1cc(CNC(=O)C2COCCN2)ccc1Oc1ccc(F)cc1. The summed E-state index contributed by atoms with van der Waals surface area (Å²) in [5.41, 5.74) is 1.92. The molecule has 1 atom stereocenters. The molecule has 1 heterocycles. The van der Waals surface area contributed by atoms with Gasteiger partial charge in [-0.2, -0.15) is 0 Å². The lowest BCUT2D eigenvalue weighted by atomic mass is 10.1. The van der Waals surface area contributed by atoms with Gasteiger partial charge in [0.05, 0.1) is 13.2 Å². The number of hydrogen-bond acceptors (Lipinski definition) is 4. The summed E-state index contributed by atoms with van der Waals surface area (Å²) in [6, 6.07) is 11.3. The van der Waals surface area contributed by atoms with Crippen LogP contribution in [0.5, 0.6) is 11.5 Å². The number of nitrogens with one attached hydrogen (secondary N) is 2. The summed E-state index contributed by atoms with van der Waals surface area (Å²) in [5.74, 6) is 0.912. The minimum atomic E-state index is -0.298. The van der Waals surface area contributed by atoms with Gasteiger partial charge in [0, 0.05) is 13.1 Å². The molecular formula is C19H21FN2O3. The lowest BCUT2D eigenvalue weighted by Crippen LogP contribution is -2.51. The molecule has 2 N–H and O–H groups in total. The van der Waals surface area contributed by atoms with Gasteiger partial charge in [0.25, 0.3) is 0 Å². The highest BCUT2D eigenvalue weighted by Gasteiger charge is 2.20. The standard InChI is InChI=1S/C19H21FN2O3/c1-13-10-14(11-22-19(23)17-12-24-9-8-21-17)2-7-18(13)25-16-5-3-15(20)4-6-16/h2-7,10,17,21H,8-9,11-12H2,1H3,(H,22,23). The Morgan fingerprint density at radius 2 is 2.12 bits per heavy atom. The molecule has 132 valence electrons. The number of amides is 1. The van der Waals surface area contributed by atoms with E-state index in [2.05, 4.69) is 10.6 Å². The van der Waals surface area contributed by atoms with E-state index >= 15 is 0 Å². The Hall–Kier alpha value is -2.44. The van der Waals surface area contributed by atoms with E-state index < -0.39 is 0 Å². The monoisotopic (exact) mass is 344 g/mol. The van der Waals surface area contributed by atoms with Gasteiger partial charge in [-0.3, -0.25) is 4.79 Å². The number of carbonyl (C=O) groups is 1. The second-order valence-electron chi connectivity index (χ2n) is 5.96. The first-order valence-electron chi connectivity index (χ1n) is 8.23. The van der Waals surface area contributed by atoms with Crippen molar-refractivity contribution in [2.75, 3.05) is 19.8 Å². The fourth-order valence-corrected chi connectivity index (χ4v) is 2.61. The molecule has 0 saturated carbocycles. The van der Waals surface area contributed by atoms with Crippen molar-refractivity contribution in [3.63, 3.8) is 0 Å². The predicted molar refractivity (Wildman–Crippen MR) is 92.1 cm³/mol. The van der Waals surface area contributed by atoms with Crippen LogP contribution in [0.3, 0.4) is 0 Å². The quantitative estimate of drug-likeness (QED) is 0.875. The highest BCUT2D eigenvalue weighted by atomic mass is 19.1. The maximum absolute atomic E-state index is 12.9. The highest BCUT2D eigenvalue weighted by molar-refractivity contribution is 5.81. The molecule has 1 fully saturated rings. The number of rotatable bonds is 5. The van der Waals surface area contributed by atoms with Gasteiger partial charge in [0.15, 0.2) is 0 Å². The van der Waals surface area contributed by atoms with Gasteiger partial charge < -0.3 is 20.1 Å². The van der Waals surface area contributed by atoms with Crippen LogP contribution in [0.25, 0.3) is 0 Å². The van der Waals surface area contributed by atoms with Crippen LogP contribution in [-0.2, 0) is 16.1 Å². The lowest BCUT2D eigenvalue weighted by Gasteiger charge is -2.23. The van der Waals surface area contributed by atoms with E-state index in [1.165, 1.54) is 12.1 Å². The Morgan fingerprint density at radius 1 is 1.32 bits per heavy atom. The van der Waals surface area contributed by atoms with Crippen molar-refractivity contribution in [2.45, 2.75) is 19.5 Å². The van der Waals surface area contributed by atoms with Crippen molar-refractivity contribution < 1.29 is 18.7 Å². The van der Waals surface area contributed by atoms with Gasteiger partial charge in [0.1, 0.15) is 23.4 Å². The number of hydrogen-bond donors (Lipinski definition) is 2. The third-order valence-corrected chi connectivity index (χ3v) is 3.99. The molecule has 2 aromatic carbocycles. The minimum Gasteiger partial charge on any atom is -0.457 e. The first kappa shape index (κ1) is 17.4. The van der Waals surface area contributed by atoms with Crippen LogP contribution in [0.15, 0.2) is 42.5 Å². The van der Waals surface area contributed by atoms with Crippen LogP contribution in [0.4, 0.5) is 4.39 Å². The summed E-state index contributed by atoms with van der Waals surface area (Å²) >= 11 is 0. The van der Waals surface area contributed by atoms with E-state index in [-0.39, 0.29) is 17.8 Å². The van der Waals surface area contributed by atoms with E-state index in [9.17, 15) is 9.18 Å². The molecule has 1 unspecified atom stereocenters. The Bertz CT molecular complexity index is 728. The number of morpholine rings is 1. The molecule has 0 radical (unpaired) electrons. The molecule has 25 heavy (non-hydrogen) atoms.